The van der Waals surface area contributed by atoms with E-state index >= 15 is 0 Å². The molecular formula is C11H13FO2. The van der Waals surface area contributed by atoms with Crippen LogP contribution in [0.1, 0.15) is 12.0 Å². The molecule has 14 heavy (non-hydrogen) atoms. The first-order valence-corrected chi connectivity index (χ1v) is 4.47. The average Bonchev–Trinajstić information content (AvgIpc) is 2.15. The lowest BCUT2D eigenvalue weighted by Crippen LogP contribution is -2.07. The minimum absolute atomic E-state index is 0.0387. The van der Waals surface area contributed by atoms with Crippen LogP contribution >= 0.6 is 0 Å². The number of hydrogen-bond donors (Lipinski definition) is 0. The summed E-state index contributed by atoms with van der Waals surface area (Å²) in [4.78, 5) is 11.1. The van der Waals surface area contributed by atoms with Crippen molar-refractivity contribution in [3.8, 4) is 0 Å². The quantitative estimate of drug-likeness (QED) is 0.719. The summed E-state index contributed by atoms with van der Waals surface area (Å²) in [6.07, 6.45) is 0.969. The highest BCUT2D eigenvalue weighted by atomic mass is 19.1. The molecule has 1 aromatic carbocycles. The molecule has 0 atom stereocenters. The summed E-state index contributed by atoms with van der Waals surface area (Å²) in [6.45, 7) is 0.134. The Bertz CT molecular complexity index is 310. The average molecular weight is 196 g/mol. The zero-order valence-electron chi connectivity index (χ0n) is 8.13. The lowest BCUT2D eigenvalue weighted by atomic mass is 10.1. The van der Waals surface area contributed by atoms with Crippen LogP contribution in [0.25, 0.3) is 0 Å². The van der Waals surface area contributed by atoms with Gasteiger partial charge in [0.2, 0.25) is 0 Å². The summed E-state index contributed by atoms with van der Waals surface area (Å²) >= 11 is 0. The van der Waals surface area contributed by atoms with Gasteiger partial charge in [0.15, 0.2) is 5.78 Å². The van der Waals surface area contributed by atoms with E-state index in [4.69, 9.17) is 4.74 Å². The first-order chi connectivity index (χ1) is 6.72. The van der Waals surface area contributed by atoms with Gasteiger partial charge >= 0.3 is 0 Å². The van der Waals surface area contributed by atoms with E-state index in [-0.39, 0.29) is 18.2 Å². The molecule has 0 N–H and O–H groups in total. The third kappa shape index (κ3) is 3.66. The molecule has 3 heteroatoms. The number of halogens is 1. The largest absolute Gasteiger partial charge is 0.377 e. The SMILES string of the molecule is COCC(=O)CCc1cccc(F)c1. The first-order valence-electron chi connectivity index (χ1n) is 4.47. The van der Waals surface area contributed by atoms with E-state index in [0.717, 1.165) is 5.56 Å². The standard InChI is InChI=1S/C11H13FO2/c1-14-8-11(13)6-5-9-3-2-4-10(12)7-9/h2-4,7H,5-6,8H2,1H3. The maximum atomic E-state index is 12.7. The molecule has 0 saturated heterocycles. The summed E-state index contributed by atoms with van der Waals surface area (Å²) in [5, 5.41) is 0. The van der Waals surface area contributed by atoms with Crippen LogP contribution in [0.15, 0.2) is 24.3 Å². The van der Waals surface area contributed by atoms with Crippen molar-refractivity contribution < 1.29 is 13.9 Å². The normalized spacial score (nSPS) is 10.1. The molecule has 0 amide bonds. The molecule has 0 unspecified atom stereocenters. The molecule has 0 radical (unpaired) electrons. The maximum absolute atomic E-state index is 12.7. The van der Waals surface area contributed by atoms with Gasteiger partial charge in [-0.25, -0.2) is 4.39 Å². The summed E-state index contributed by atoms with van der Waals surface area (Å²) in [5.41, 5.74) is 0.842. The Morgan fingerprint density at radius 1 is 1.50 bits per heavy atom. The summed E-state index contributed by atoms with van der Waals surface area (Å²) in [5.74, 6) is -0.224. The van der Waals surface area contributed by atoms with Gasteiger partial charge in [0.05, 0.1) is 0 Å². The van der Waals surface area contributed by atoms with Crippen molar-refractivity contribution >= 4 is 5.78 Å². The Hall–Kier alpha value is -1.22. The molecular weight excluding hydrogens is 183 g/mol. The van der Waals surface area contributed by atoms with Gasteiger partial charge in [-0.2, -0.15) is 0 Å². The van der Waals surface area contributed by atoms with Crippen molar-refractivity contribution in [2.45, 2.75) is 12.8 Å². The highest BCUT2D eigenvalue weighted by Gasteiger charge is 2.02. The summed E-state index contributed by atoms with van der Waals surface area (Å²) in [7, 11) is 1.49. The van der Waals surface area contributed by atoms with Crippen LogP contribution in [0.3, 0.4) is 0 Å². The predicted octanol–water partition coefficient (Wildman–Crippen LogP) is 1.97. The Morgan fingerprint density at radius 2 is 2.29 bits per heavy atom. The topological polar surface area (TPSA) is 26.3 Å². The molecule has 0 spiro atoms. The number of carbonyl (C=O) groups is 1. The Labute approximate surface area is 82.7 Å². The number of rotatable bonds is 5. The van der Waals surface area contributed by atoms with Gasteiger partial charge in [-0.15, -0.1) is 0 Å². The van der Waals surface area contributed by atoms with E-state index < -0.39 is 0 Å². The van der Waals surface area contributed by atoms with Crippen LogP contribution in [0.5, 0.6) is 0 Å². The second-order valence-electron chi connectivity index (χ2n) is 3.10. The number of aryl methyl sites for hydroxylation is 1. The molecule has 1 rings (SSSR count). The van der Waals surface area contributed by atoms with Crippen LogP contribution in [0.2, 0.25) is 0 Å². The number of carbonyl (C=O) groups excluding carboxylic acids is 1. The van der Waals surface area contributed by atoms with Crippen LogP contribution in [0, 0.1) is 5.82 Å². The lowest BCUT2D eigenvalue weighted by molar-refractivity contribution is -0.122. The van der Waals surface area contributed by atoms with Crippen LogP contribution in [0.4, 0.5) is 4.39 Å². The number of ether oxygens (including phenoxy) is 1. The summed E-state index contributed by atoms with van der Waals surface area (Å²) in [6, 6.07) is 6.29. The zero-order chi connectivity index (χ0) is 10.4. The Kier molecular flexibility index (Phi) is 4.26. The molecule has 0 heterocycles. The Morgan fingerprint density at radius 3 is 2.93 bits per heavy atom. The Balaban J connectivity index is 2.41. The second kappa shape index (κ2) is 5.50. The summed E-state index contributed by atoms with van der Waals surface area (Å²) < 4.78 is 17.4. The maximum Gasteiger partial charge on any atom is 0.158 e. The smallest absolute Gasteiger partial charge is 0.158 e. The molecule has 0 bridgehead atoms. The van der Waals surface area contributed by atoms with Gasteiger partial charge < -0.3 is 4.74 Å². The molecule has 1 aromatic rings. The van der Waals surface area contributed by atoms with Crippen molar-refractivity contribution in [3.05, 3.63) is 35.6 Å². The van der Waals surface area contributed by atoms with E-state index in [0.29, 0.717) is 12.8 Å². The second-order valence-corrected chi connectivity index (χ2v) is 3.10. The molecule has 0 aliphatic heterocycles. The van der Waals surface area contributed by atoms with E-state index in [1.807, 2.05) is 6.07 Å². The fourth-order valence-corrected chi connectivity index (χ4v) is 1.21. The number of Topliss-reactive ketones (excluding diaryl/α,β-unsaturated/α-hetero) is 1. The van der Waals surface area contributed by atoms with Crippen LogP contribution in [-0.2, 0) is 16.0 Å². The first kappa shape index (κ1) is 10.9. The van der Waals surface area contributed by atoms with Crippen molar-refractivity contribution in [3.63, 3.8) is 0 Å². The molecule has 76 valence electrons. The van der Waals surface area contributed by atoms with Crippen LogP contribution < -0.4 is 0 Å². The molecule has 2 nitrogen and oxygen atoms in total. The fourth-order valence-electron chi connectivity index (χ4n) is 1.21. The van der Waals surface area contributed by atoms with Crippen LogP contribution in [-0.4, -0.2) is 19.5 Å². The highest BCUT2D eigenvalue weighted by molar-refractivity contribution is 5.79. The van der Waals surface area contributed by atoms with Gasteiger partial charge in [0.1, 0.15) is 12.4 Å². The van der Waals surface area contributed by atoms with Gasteiger partial charge in [0.25, 0.3) is 0 Å². The number of benzene rings is 1. The van der Waals surface area contributed by atoms with Gasteiger partial charge in [-0.1, -0.05) is 12.1 Å². The van der Waals surface area contributed by atoms with E-state index in [2.05, 4.69) is 0 Å². The van der Waals surface area contributed by atoms with E-state index in [1.165, 1.54) is 19.2 Å². The third-order valence-corrected chi connectivity index (χ3v) is 1.89. The van der Waals surface area contributed by atoms with Gasteiger partial charge in [-0.3, -0.25) is 4.79 Å². The van der Waals surface area contributed by atoms with Crippen molar-refractivity contribution in [2.24, 2.45) is 0 Å². The third-order valence-electron chi connectivity index (χ3n) is 1.89. The predicted molar refractivity (Wildman–Crippen MR) is 51.6 cm³/mol. The zero-order valence-corrected chi connectivity index (χ0v) is 8.13. The molecule has 0 aromatic heterocycles. The highest BCUT2D eigenvalue weighted by Crippen LogP contribution is 2.06. The molecule has 0 saturated carbocycles. The lowest BCUT2D eigenvalue weighted by Gasteiger charge is -2.00. The minimum Gasteiger partial charge on any atom is -0.377 e. The number of methoxy groups -OCH3 is 1. The van der Waals surface area contributed by atoms with Crippen molar-refractivity contribution in [1.29, 1.82) is 0 Å². The number of ketones is 1. The van der Waals surface area contributed by atoms with Crippen molar-refractivity contribution in [2.75, 3.05) is 13.7 Å². The molecule has 0 aliphatic rings. The molecule has 0 aliphatic carbocycles. The number of hydrogen-bond acceptors (Lipinski definition) is 2. The van der Waals surface area contributed by atoms with E-state index in [1.54, 1.807) is 6.07 Å². The van der Waals surface area contributed by atoms with E-state index in [9.17, 15) is 9.18 Å². The van der Waals surface area contributed by atoms with Crippen molar-refractivity contribution in [1.82, 2.24) is 0 Å². The van der Waals surface area contributed by atoms with Gasteiger partial charge in [-0.05, 0) is 24.1 Å². The molecule has 0 fully saturated rings. The minimum atomic E-state index is -0.262. The monoisotopic (exact) mass is 196 g/mol. The fraction of sp³-hybridized carbons (Fsp3) is 0.364. The van der Waals surface area contributed by atoms with Gasteiger partial charge in [0, 0.05) is 13.5 Å².